The van der Waals surface area contributed by atoms with E-state index in [1.807, 2.05) is 0 Å². The van der Waals surface area contributed by atoms with Crippen LogP contribution in [0.25, 0.3) is 0 Å². The molecule has 0 aliphatic carbocycles. The highest BCUT2D eigenvalue weighted by atomic mass is 16.5. The second-order valence-electron chi connectivity index (χ2n) is 8.34. The van der Waals surface area contributed by atoms with Crippen molar-refractivity contribution in [2.45, 2.75) is 71.8 Å². The van der Waals surface area contributed by atoms with Gasteiger partial charge in [-0.1, -0.05) is 33.6 Å². The van der Waals surface area contributed by atoms with E-state index in [0.717, 1.165) is 45.1 Å². The monoisotopic (exact) mass is 338 g/mol. The second kappa shape index (κ2) is 8.84. The third-order valence-electron chi connectivity index (χ3n) is 5.12. The molecule has 2 heterocycles. The quantitative estimate of drug-likeness (QED) is 0.857. The van der Waals surface area contributed by atoms with Gasteiger partial charge in [0, 0.05) is 32.0 Å². The van der Waals surface area contributed by atoms with Crippen LogP contribution in [-0.2, 0) is 14.3 Å². The highest BCUT2D eigenvalue weighted by Crippen LogP contribution is 2.33. The van der Waals surface area contributed by atoms with Gasteiger partial charge in [-0.15, -0.1) is 0 Å². The van der Waals surface area contributed by atoms with Crippen LogP contribution in [0.2, 0.25) is 0 Å². The maximum atomic E-state index is 12.3. The van der Waals surface area contributed by atoms with E-state index in [0.29, 0.717) is 25.4 Å². The molecular weight excluding hydrogens is 304 g/mol. The first-order valence-corrected chi connectivity index (χ1v) is 9.54. The molecule has 2 amide bonds. The van der Waals surface area contributed by atoms with Gasteiger partial charge in [0.05, 0.1) is 12.6 Å². The van der Waals surface area contributed by atoms with Crippen molar-refractivity contribution < 1.29 is 14.3 Å². The van der Waals surface area contributed by atoms with Gasteiger partial charge >= 0.3 is 0 Å². The maximum Gasteiger partial charge on any atom is 0.239 e. The van der Waals surface area contributed by atoms with Gasteiger partial charge in [-0.25, -0.2) is 0 Å². The minimum Gasteiger partial charge on any atom is -0.377 e. The van der Waals surface area contributed by atoms with E-state index >= 15 is 0 Å². The predicted octanol–water partition coefficient (Wildman–Crippen LogP) is 2.74. The lowest BCUT2D eigenvalue weighted by molar-refractivity contribution is -0.137. The third kappa shape index (κ3) is 5.76. The van der Waals surface area contributed by atoms with E-state index in [2.05, 4.69) is 26.1 Å². The number of nitrogens with one attached hydrogen (secondary N) is 1. The zero-order valence-corrected chi connectivity index (χ0v) is 15.6. The summed E-state index contributed by atoms with van der Waals surface area (Å²) in [7, 11) is 0. The number of carbonyl (C=O) groups excluding carboxylic acids is 2. The van der Waals surface area contributed by atoms with E-state index < -0.39 is 0 Å². The molecule has 2 aliphatic rings. The number of amides is 2. The van der Waals surface area contributed by atoms with Gasteiger partial charge in [0.15, 0.2) is 0 Å². The van der Waals surface area contributed by atoms with E-state index in [1.54, 1.807) is 4.90 Å². The Morgan fingerprint density at radius 2 is 1.96 bits per heavy atom. The SMILES string of the molecule is CC(C)(C)C1OCCCC1CNC(=O)CN1CCCCCCC1=O. The molecule has 2 aliphatic heterocycles. The van der Waals surface area contributed by atoms with Crippen molar-refractivity contribution in [1.82, 2.24) is 10.2 Å². The molecule has 0 saturated carbocycles. The topological polar surface area (TPSA) is 58.6 Å². The summed E-state index contributed by atoms with van der Waals surface area (Å²) in [5, 5.41) is 3.05. The fraction of sp³-hybridized carbons (Fsp3) is 0.895. The van der Waals surface area contributed by atoms with E-state index in [9.17, 15) is 9.59 Å². The Hall–Kier alpha value is -1.10. The lowest BCUT2D eigenvalue weighted by atomic mass is 9.78. The number of likely N-dealkylation sites (tertiary alicyclic amines) is 1. The lowest BCUT2D eigenvalue weighted by Gasteiger charge is -2.40. The van der Waals surface area contributed by atoms with Crippen LogP contribution in [0.4, 0.5) is 0 Å². The summed E-state index contributed by atoms with van der Waals surface area (Å²) in [6.45, 7) is 8.94. The van der Waals surface area contributed by atoms with Crippen molar-refractivity contribution in [2.24, 2.45) is 11.3 Å². The van der Waals surface area contributed by atoms with Crippen molar-refractivity contribution in [3.05, 3.63) is 0 Å². The van der Waals surface area contributed by atoms with Crippen molar-refractivity contribution >= 4 is 11.8 Å². The Kier molecular flexibility index (Phi) is 7.08. The van der Waals surface area contributed by atoms with E-state index in [-0.39, 0.29) is 29.9 Å². The van der Waals surface area contributed by atoms with Gasteiger partial charge in [-0.3, -0.25) is 9.59 Å². The molecule has 0 radical (unpaired) electrons. The van der Waals surface area contributed by atoms with Crippen molar-refractivity contribution in [3.8, 4) is 0 Å². The van der Waals surface area contributed by atoms with Crippen molar-refractivity contribution in [1.29, 1.82) is 0 Å². The summed E-state index contributed by atoms with van der Waals surface area (Å²) in [5.74, 6) is 0.436. The lowest BCUT2D eigenvalue weighted by Crippen LogP contribution is -2.47. The molecule has 5 heteroatoms. The molecule has 2 unspecified atom stereocenters. The number of rotatable bonds is 4. The molecule has 24 heavy (non-hydrogen) atoms. The van der Waals surface area contributed by atoms with Gasteiger partial charge in [-0.2, -0.15) is 0 Å². The van der Waals surface area contributed by atoms with Crippen LogP contribution < -0.4 is 5.32 Å². The minimum absolute atomic E-state index is 0.0397. The van der Waals surface area contributed by atoms with Crippen molar-refractivity contribution in [2.75, 3.05) is 26.2 Å². The molecule has 0 aromatic rings. The van der Waals surface area contributed by atoms with Gasteiger partial charge in [0.25, 0.3) is 0 Å². The molecule has 1 N–H and O–H groups in total. The maximum absolute atomic E-state index is 12.3. The molecule has 0 aromatic heterocycles. The van der Waals surface area contributed by atoms with Crippen LogP contribution in [0.3, 0.4) is 0 Å². The zero-order chi connectivity index (χ0) is 17.6. The molecule has 138 valence electrons. The summed E-state index contributed by atoms with van der Waals surface area (Å²) in [5.41, 5.74) is 0.0782. The largest absolute Gasteiger partial charge is 0.377 e. The van der Waals surface area contributed by atoms with Gasteiger partial charge < -0.3 is 15.0 Å². The number of nitrogens with zero attached hydrogens (tertiary/aromatic N) is 1. The highest BCUT2D eigenvalue weighted by Gasteiger charge is 2.35. The van der Waals surface area contributed by atoms with Gasteiger partial charge in [0.1, 0.15) is 0 Å². The van der Waals surface area contributed by atoms with E-state index in [4.69, 9.17) is 4.74 Å². The number of ether oxygens (including phenoxy) is 1. The molecule has 2 rings (SSSR count). The molecule has 2 atom stereocenters. The Morgan fingerprint density at radius 3 is 2.71 bits per heavy atom. The highest BCUT2D eigenvalue weighted by molar-refractivity contribution is 5.84. The molecular formula is C19H34N2O3. The Labute approximate surface area is 146 Å². The predicted molar refractivity (Wildman–Crippen MR) is 94.6 cm³/mol. The molecule has 0 aromatic carbocycles. The van der Waals surface area contributed by atoms with Gasteiger partial charge in [-0.05, 0) is 31.1 Å². The van der Waals surface area contributed by atoms with Crippen LogP contribution in [-0.4, -0.2) is 49.1 Å². The van der Waals surface area contributed by atoms with Gasteiger partial charge in [0.2, 0.25) is 11.8 Å². The summed E-state index contributed by atoms with van der Waals surface area (Å²) in [4.78, 5) is 26.2. The molecule has 2 saturated heterocycles. The minimum atomic E-state index is -0.0397. The summed E-state index contributed by atoms with van der Waals surface area (Å²) in [6.07, 6.45) is 7.12. The number of hydrogen-bond acceptors (Lipinski definition) is 3. The summed E-state index contributed by atoms with van der Waals surface area (Å²) >= 11 is 0. The molecule has 0 spiro atoms. The Balaban J connectivity index is 1.81. The first-order chi connectivity index (χ1) is 11.4. The normalized spacial score (nSPS) is 26.6. The molecule has 0 bridgehead atoms. The van der Waals surface area contributed by atoms with Crippen molar-refractivity contribution in [3.63, 3.8) is 0 Å². The number of carbonyl (C=O) groups is 2. The third-order valence-corrected chi connectivity index (χ3v) is 5.12. The molecule has 5 nitrogen and oxygen atoms in total. The summed E-state index contributed by atoms with van der Waals surface area (Å²) < 4.78 is 5.97. The first kappa shape index (κ1) is 19.2. The first-order valence-electron chi connectivity index (χ1n) is 9.54. The van der Waals surface area contributed by atoms with Crippen LogP contribution in [0, 0.1) is 11.3 Å². The van der Waals surface area contributed by atoms with E-state index in [1.165, 1.54) is 0 Å². The molecule has 2 fully saturated rings. The number of hydrogen-bond donors (Lipinski definition) is 1. The van der Waals surface area contributed by atoms with Crippen LogP contribution in [0.1, 0.15) is 65.7 Å². The van der Waals surface area contributed by atoms with Crippen LogP contribution >= 0.6 is 0 Å². The average Bonchev–Trinajstić information content (AvgIpc) is 2.52. The van der Waals surface area contributed by atoms with Crippen LogP contribution in [0.5, 0.6) is 0 Å². The smallest absolute Gasteiger partial charge is 0.239 e. The Morgan fingerprint density at radius 1 is 1.21 bits per heavy atom. The zero-order valence-electron chi connectivity index (χ0n) is 15.6. The standard InChI is InChI=1S/C19H34N2O3/c1-19(2,3)18-15(9-8-12-24-18)13-20-16(22)14-21-11-7-5-4-6-10-17(21)23/h15,18H,4-14H2,1-3H3,(H,20,22). The summed E-state index contributed by atoms with van der Waals surface area (Å²) in [6, 6.07) is 0. The fourth-order valence-electron chi connectivity index (χ4n) is 3.87. The fourth-order valence-corrected chi connectivity index (χ4v) is 3.87. The second-order valence-corrected chi connectivity index (χ2v) is 8.34. The average molecular weight is 338 g/mol. The van der Waals surface area contributed by atoms with Crippen LogP contribution in [0.15, 0.2) is 0 Å². The Bertz CT molecular complexity index is 431.